The lowest BCUT2D eigenvalue weighted by Crippen LogP contribution is -2.38. The summed E-state index contributed by atoms with van der Waals surface area (Å²) < 4.78 is 0. The summed E-state index contributed by atoms with van der Waals surface area (Å²) in [6.07, 6.45) is 3.43. The average molecular weight is 238 g/mol. The number of hydrogen-bond acceptors (Lipinski definition) is 2. The van der Waals surface area contributed by atoms with Gasteiger partial charge >= 0.3 is 0 Å². The predicted molar refractivity (Wildman–Crippen MR) is 70.7 cm³/mol. The lowest BCUT2D eigenvalue weighted by Gasteiger charge is -2.35. The van der Waals surface area contributed by atoms with E-state index in [2.05, 4.69) is 26.8 Å². The second-order valence-electron chi connectivity index (χ2n) is 6.57. The van der Waals surface area contributed by atoms with E-state index in [4.69, 9.17) is 0 Å². The Balaban J connectivity index is 2.72. The fourth-order valence-corrected chi connectivity index (χ4v) is 2.39. The third-order valence-corrected chi connectivity index (χ3v) is 4.99. The maximum absolute atomic E-state index is 11.5. The molecule has 1 aliphatic carbocycles. The summed E-state index contributed by atoms with van der Waals surface area (Å²) >= 11 is 0. The molecule has 0 aliphatic heterocycles. The summed E-state index contributed by atoms with van der Waals surface area (Å²) in [5.41, 5.74) is 0.913. The lowest BCUT2D eigenvalue weighted by molar-refractivity contribution is -0.131. The number of carbonyl (C=O) groups is 1. The Morgan fingerprint density at radius 2 is 2.12 bits per heavy atom. The largest absolute Gasteiger partial charge is 0.392 e. The Kier molecular flexibility index (Phi) is 3.87. The van der Waals surface area contributed by atoms with Gasteiger partial charge in [0, 0.05) is 5.41 Å². The Morgan fingerprint density at radius 1 is 1.59 bits per heavy atom. The van der Waals surface area contributed by atoms with E-state index < -0.39 is 11.5 Å². The second kappa shape index (κ2) is 4.56. The molecule has 0 aromatic heterocycles. The first-order valence-corrected chi connectivity index (χ1v) is 6.46. The van der Waals surface area contributed by atoms with Gasteiger partial charge in [-0.05, 0) is 38.0 Å². The van der Waals surface area contributed by atoms with Gasteiger partial charge in [0.2, 0.25) is 0 Å². The molecule has 0 radical (unpaired) electrons. The number of hydrogen-bond donors (Lipinski definition) is 1. The highest BCUT2D eigenvalue weighted by atomic mass is 16.3. The molecule has 0 saturated heterocycles. The van der Waals surface area contributed by atoms with Gasteiger partial charge in [0.25, 0.3) is 0 Å². The lowest BCUT2D eigenvalue weighted by atomic mass is 9.71. The van der Waals surface area contributed by atoms with E-state index in [-0.39, 0.29) is 11.2 Å². The Hall–Kier alpha value is -0.630. The van der Waals surface area contributed by atoms with Crippen LogP contribution in [0.2, 0.25) is 0 Å². The molecule has 0 fully saturated rings. The Morgan fingerprint density at radius 3 is 2.47 bits per heavy atom. The topological polar surface area (TPSA) is 37.3 Å². The maximum atomic E-state index is 11.5. The zero-order valence-electron chi connectivity index (χ0n) is 12.0. The predicted octanol–water partition coefficient (Wildman–Crippen LogP) is 3.35. The number of carbonyl (C=O) groups excluding carboxylic acids is 1. The van der Waals surface area contributed by atoms with Crippen LogP contribution in [-0.4, -0.2) is 17.0 Å². The van der Waals surface area contributed by atoms with E-state index in [9.17, 15) is 9.90 Å². The minimum Gasteiger partial charge on any atom is -0.392 e. The molecular formula is C15H26O2. The first kappa shape index (κ1) is 14.4. The van der Waals surface area contributed by atoms with E-state index in [0.717, 1.165) is 6.42 Å². The van der Waals surface area contributed by atoms with Crippen LogP contribution in [0.4, 0.5) is 0 Å². The molecule has 0 amide bonds. The third-order valence-electron chi connectivity index (χ3n) is 4.99. The second-order valence-corrected chi connectivity index (χ2v) is 6.57. The monoisotopic (exact) mass is 238 g/mol. The van der Waals surface area contributed by atoms with Crippen LogP contribution in [0, 0.1) is 16.7 Å². The zero-order chi connectivity index (χ0) is 13.4. The molecule has 0 heterocycles. The normalized spacial score (nSPS) is 25.6. The molecule has 1 N–H and O–H groups in total. The van der Waals surface area contributed by atoms with Crippen molar-refractivity contribution in [3.63, 3.8) is 0 Å². The van der Waals surface area contributed by atoms with E-state index in [0.29, 0.717) is 12.3 Å². The van der Waals surface area contributed by atoms with Crippen molar-refractivity contribution in [3.05, 3.63) is 11.6 Å². The van der Waals surface area contributed by atoms with Crippen LogP contribution in [0.15, 0.2) is 11.6 Å². The van der Waals surface area contributed by atoms with Crippen LogP contribution in [0.1, 0.15) is 54.4 Å². The van der Waals surface area contributed by atoms with Crippen molar-refractivity contribution in [1.29, 1.82) is 0 Å². The summed E-state index contributed by atoms with van der Waals surface area (Å²) in [5.74, 6) is 0.501. The van der Waals surface area contributed by atoms with Crippen LogP contribution < -0.4 is 0 Å². The van der Waals surface area contributed by atoms with Crippen LogP contribution in [-0.2, 0) is 4.79 Å². The van der Waals surface area contributed by atoms with E-state index in [1.54, 1.807) is 6.92 Å². The van der Waals surface area contributed by atoms with Crippen molar-refractivity contribution in [3.8, 4) is 0 Å². The van der Waals surface area contributed by atoms with Gasteiger partial charge in [0.05, 0.1) is 6.10 Å². The van der Waals surface area contributed by atoms with Crippen LogP contribution >= 0.6 is 0 Å². The first-order chi connectivity index (χ1) is 7.60. The average Bonchev–Trinajstić information content (AvgIpc) is 2.44. The van der Waals surface area contributed by atoms with Gasteiger partial charge in [0.15, 0.2) is 0 Å². The molecule has 0 aromatic rings. The highest BCUT2D eigenvalue weighted by Crippen LogP contribution is 2.46. The molecular weight excluding hydrogens is 212 g/mol. The highest BCUT2D eigenvalue weighted by molar-refractivity contribution is 5.82. The maximum Gasteiger partial charge on any atom is 0.137 e. The first-order valence-electron chi connectivity index (χ1n) is 6.46. The van der Waals surface area contributed by atoms with E-state index in [1.165, 1.54) is 5.57 Å². The van der Waals surface area contributed by atoms with Gasteiger partial charge in [-0.25, -0.2) is 0 Å². The van der Waals surface area contributed by atoms with Gasteiger partial charge in [-0.3, -0.25) is 4.79 Å². The number of allylic oxidation sites excluding steroid dienone is 2. The number of rotatable bonds is 4. The van der Waals surface area contributed by atoms with Gasteiger partial charge < -0.3 is 5.11 Å². The minimum absolute atomic E-state index is 0.0606. The Bertz CT molecular complexity index is 337. The number of Topliss-reactive ketones (excluding diaryl/α,β-unsaturated/α-hetero) is 1. The molecule has 1 rings (SSSR count). The number of aliphatic hydroxyl groups is 1. The molecule has 0 bridgehead atoms. The molecule has 2 atom stereocenters. The Labute approximate surface area is 105 Å². The molecule has 0 saturated carbocycles. The van der Waals surface area contributed by atoms with Gasteiger partial charge in [-0.1, -0.05) is 39.3 Å². The summed E-state index contributed by atoms with van der Waals surface area (Å²) in [6.45, 7) is 11.8. The summed E-state index contributed by atoms with van der Waals surface area (Å²) in [4.78, 5) is 11.5. The third kappa shape index (κ3) is 2.62. The fraction of sp³-hybridized carbons (Fsp3) is 0.800. The van der Waals surface area contributed by atoms with E-state index in [1.807, 2.05) is 13.8 Å². The van der Waals surface area contributed by atoms with Crippen LogP contribution in [0.25, 0.3) is 0 Å². The smallest absolute Gasteiger partial charge is 0.137 e. The molecule has 17 heavy (non-hydrogen) atoms. The van der Waals surface area contributed by atoms with Crippen molar-refractivity contribution < 1.29 is 9.90 Å². The molecule has 0 aromatic carbocycles. The van der Waals surface area contributed by atoms with Gasteiger partial charge in [0.1, 0.15) is 5.78 Å². The number of ketones is 1. The molecule has 0 spiro atoms. The van der Waals surface area contributed by atoms with Gasteiger partial charge in [-0.15, -0.1) is 0 Å². The zero-order valence-corrected chi connectivity index (χ0v) is 12.0. The summed E-state index contributed by atoms with van der Waals surface area (Å²) in [6, 6.07) is 0. The van der Waals surface area contributed by atoms with Crippen molar-refractivity contribution in [2.45, 2.75) is 60.5 Å². The van der Waals surface area contributed by atoms with Crippen LogP contribution in [0.5, 0.6) is 0 Å². The molecule has 1 aliphatic rings. The fourth-order valence-electron chi connectivity index (χ4n) is 2.39. The SMILES string of the molecule is CC(=O)C(C)(C)[C@H](O)C[C@H]1CC=C(C)C1(C)C. The molecule has 0 unspecified atom stereocenters. The van der Waals surface area contributed by atoms with Crippen LogP contribution in [0.3, 0.4) is 0 Å². The molecule has 2 nitrogen and oxygen atoms in total. The highest BCUT2D eigenvalue weighted by Gasteiger charge is 2.40. The summed E-state index contributed by atoms with van der Waals surface area (Å²) in [7, 11) is 0. The van der Waals surface area contributed by atoms with Crippen molar-refractivity contribution in [1.82, 2.24) is 0 Å². The minimum atomic E-state index is -0.632. The molecule has 98 valence electrons. The van der Waals surface area contributed by atoms with Crippen molar-refractivity contribution >= 4 is 5.78 Å². The van der Waals surface area contributed by atoms with E-state index >= 15 is 0 Å². The molecule has 2 heteroatoms. The summed E-state index contributed by atoms with van der Waals surface area (Å²) in [5, 5.41) is 10.3. The van der Waals surface area contributed by atoms with Crippen molar-refractivity contribution in [2.75, 3.05) is 0 Å². The van der Waals surface area contributed by atoms with Crippen molar-refractivity contribution in [2.24, 2.45) is 16.7 Å². The number of aliphatic hydroxyl groups excluding tert-OH is 1. The quantitative estimate of drug-likeness (QED) is 0.763. The van der Waals surface area contributed by atoms with Gasteiger partial charge in [-0.2, -0.15) is 0 Å². The standard InChI is InChI=1S/C15H26O2/c1-10-7-8-12(14(10,3)4)9-13(17)15(5,6)11(2)16/h7,12-13,17H,8-9H2,1-6H3/t12-,13-/m1/s1.